The molecular formula is C19H24N4O3. The van der Waals surface area contributed by atoms with E-state index < -0.39 is 12.1 Å². The molecule has 0 saturated carbocycles. The van der Waals surface area contributed by atoms with E-state index in [0.29, 0.717) is 13.0 Å². The van der Waals surface area contributed by atoms with Crippen molar-refractivity contribution in [3.8, 4) is 24.2 Å². The van der Waals surface area contributed by atoms with Crippen LogP contribution in [0.4, 0.5) is 4.79 Å². The monoisotopic (exact) mass is 356 g/mol. The van der Waals surface area contributed by atoms with Crippen molar-refractivity contribution in [1.29, 1.82) is 0 Å². The second-order valence-electron chi connectivity index (χ2n) is 6.46. The molecule has 7 heteroatoms. The molecule has 2 rings (SSSR count). The van der Waals surface area contributed by atoms with E-state index in [2.05, 4.69) is 37.8 Å². The Hall–Kier alpha value is -2.93. The number of likely N-dealkylation sites (tertiary alicyclic amines) is 1. The lowest BCUT2D eigenvalue weighted by atomic mass is 10.0. The predicted molar refractivity (Wildman–Crippen MR) is 96.8 cm³/mol. The van der Waals surface area contributed by atoms with Gasteiger partial charge in [-0.3, -0.25) is 4.79 Å². The number of carbonyl (C=O) groups is 2. The van der Waals surface area contributed by atoms with Crippen molar-refractivity contribution in [1.82, 2.24) is 20.2 Å². The van der Waals surface area contributed by atoms with Crippen LogP contribution in [-0.2, 0) is 16.0 Å². The fraction of sp³-hybridized carbons (Fsp3) is 0.526. The van der Waals surface area contributed by atoms with Crippen molar-refractivity contribution in [2.45, 2.75) is 45.2 Å². The van der Waals surface area contributed by atoms with Crippen LogP contribution in [0.2, 0.25) is 0 Å². The molecule has 0 spiro atoms. The number of H-pyrrole nitrogens is 1. The molecule has 0 bridgehead atoms. The Bertz CT molecular complexity index is 751. The summed E-state index contributed by atoms with van der Waals surface area (Å²) in [4.78, 5) is 34.0. The first-order valence-electron chi connectivity index (χ1n) is 8.60. The molecule has 1 aliphatic rings. The minimum Gasteiger partial charge on any atom is -0.453 e. The molecule has 0 unspecified atom stereocenters. The van der Waals surface area contributed by atoms with Gasteiger partial charge in [-0.15, -0.1) is 6.42 Å². The van der Waals surface area contributed by atoms with Gasteiger partial charge in [0.2, 0.25) is 5.91 Å². The van der Waals surface area contributed by atoms with Crippen LogP contribution in [0.5, 0.6) is 0 Å². The molecule has 2 amide bonds. The highest BCUT2D eigenvalue weighted by Crippen LogP contribution is 2.31. The molecule has 1 saturated heterocycles. The van der Waals surface area contributed by atoms with Gasteiger partial charge in [-0.25, -0.2) is 9.78 Å². The predicted octanol–water partition coefficient (Wildman–Crippen LogP) is 1.63. The SMILES string of the molecule is C#CC#CCc1cnc([C@@H]2CCCN2C(=O)[C@@H](NC(=O)OC)C(C)C)[nH]1. The average Bonchev–Trinajstić information content (AvgIpc) is 3.27. The van der Waals surface area contributed by atoms with Gasteiger partial charge in [-0.2, -0.15) is 0 Å². The lowest BCUT2D eigenvalue weighted by molar-refractivity contribution is -0.135. The molecule has 2 heterocycles. The van der Waals surface area contributed by atoms with E-state index in [9.17, 15) is 9.59 Å². The first-order chi connectivity index (χ1) is 12.5. The standard InChI is InChI=1S/C19H24N4O3/c1-5-6-7-9-14-12-20-17(21-14)15-10-8-11-23(15)18(24)16(13(2)3)22-19(25)26-4/h1,12-13,15-16H,8-11H2,2-4H3,(H,20,21)(H,22,25)/t15-,16-/m0/s1. The number of carbonyl (C=O) groups excluding carboxylic acids is 2. The maximum Gasteiger partial charge on any atom is 0.407 e. The van der Waals surface area contributed by atoms with Crippen LogP contribution in [0.3, 0.4) is 0 Å². The fourth-order valence-electron chi connectivity index (χ4n) is 3.02. The number of terminal acetylenes is 1. The zero-order valence-electron chi connectivity index (χ0n) is 15.3. The third-order valence-electron chi connectivity index (χ3n) is 4.33. The fourth-order valence-corrected chi connectivity index (χ4v) is 3.02. The van der Waals surface area contributed by atoms with Gasteiger partial charge in [0.15, 0.2) is 0 Å². The minimum atomic E-state index is -0.640. The van der Waals surface area contributed by atoms with Gasteiger partial charge in [-0.05, 0) is 30.6 Å². The summed E-state index contributed by atoms with van der Waals surface area (Å²) in [6.45, 7) is 4.40. The first-order valence-corrected chi connectivity index (χ1v) is 8.60. The summed E-state index contributed by atoms with van der Waals surface area (Å²) in [6.07, 6.45) is 8.40. The Morgan fingerprint density at radius 2 is 2.31 bits per heavy atom. The molecule has 2 N–H and O–H groups in total. The Labute approximate surface area is 153 Å². The van der Waals surface area contributed by atoms with Gasteiger partial charge in [0.25, 0.3) is 0 Å². The average molecular weight is 356 g/mol. The number of alkyl carbamates (subject to hydrolysis) is 1. The number of nitrogens with zero attached hydrogens (tertiary/aromatic N) is 2. The van der Waals surface area contributed by atoms with E-state index in [1.807, 2.05) is 13.8 Å². The van der Waals surface area contributed by atoms with Crippen molar-refractivity contribution < 1.29 is 14.3 Å². The highest BCUT2D eigenvalue weighted by Gasteiger charge is 2.37. The summed E-state index contributed by atoms with van der Waals surface area (Å²) in [5, 5.41) is 2.63. The molecule has 26 heavy (non-hydrogen) atoms. The van der Waals surface area contributed by atoms with E-state index in [1.54, 1.807) is 11.1 Å². The number of aromatic amines is 1. The van der Waals surface area contributed by atoms with Crippen molar-refractivity contribution in [3.05, 3.63) is 17.7 Å². The second kappa shape index (κ2) is 8.96. The van der Waals surface area contributed by atoms with Gasteiger partial charge < -0.3 is 19.9 Å². The topological polar surface area (TPSA) is 87.3 Å². The van der Waals surface area contributed by atoms with E-state index in [0.717, 1.165) is 24.4 Å². The summed E-state index contributed by atoms with van der Waals surface area (Å²) in [7, 11) is 1.28. The largest absolute Gasteiger partial charge is 0.453 e. The molecule has 1 aromatic heterocycles. The van der Waals surface area contributed by atoms with Gasteiger partial charge in [0.1, 0.15) is 11.9 Å². The van der Waals surface area contributed by atoms with Crippen molar-refractivity contribution in [2.75, 3.05) is 13.7 Å². The number of hydrogen-bond acceptors (Lipinski definition) is 4. The van der Waals surface area contributed by atoms with Crippen LogP contribution in [0.1, 0.15) is 44.2 Å². The third-order valence-corrected chi connectivity index (χ3v) is 4.33. The van der Waals surface area contributed by atoms with Gasteiger partial charge in [0.05, 0.1) is 19.6 Å². The second-order valence-corrected chi connectivity index (χ2v) is 6.46. The first kappa shape index (κ1) is 19.4. The quantitative estimate of drug-likeness (QED) is 0.785. The molecule has 1 fully saturated rings. The summed E-state index contributed by atoms with van der Waals surface area (Å²) in [5.74, 6) is 8.23. The molecule has 1 aromatic rings. The highest BCUT2D eigenvalue weighted by molar-refractivity contribution is 5.86. The Balaban J connectivity index is 2.14. The number of methoxy groups -OCH3 is 1. The van der Waals surface area contributed by atoms with E-state index in [-0.39, 0.29) is 17.9 Å². The Kier molecular flexibility index (Phi) is 6.68. The van der Waals surface area contributed by atoms with Gasteiger partial charge >= 0.3 is 6.09 Å². The van der Waals surface area contributed by atoms with Crippen LogP contribution < -0.4 is 5.32 Å². The van der Waals surface area contributed by atoms with E-state index in [4.69, 9.17) is 6.42 Å². The lowest BCUT2D eigenvalue weighted by Gasteiger charge is -2.30. The number of amides is 2. The number of hydrogen-bond donors (Lipinski definition) is 2. The van der Waals surface area contributed by atoms with Gasteiger partial charge in [0, 0.05) is 18.4 Å². The normalized spacial score (nSPS) is 17.2. The van der Waals surface area contributed by atoms with Gasteiger partial charge in [-0.1, -0.05) is 19.8 Å². The van der Waals surface area contributed by atoms with Crippen LogP contribution in [0.15, 0.2) is 6.20 Å². The molecule has 0 aromatic carbocycles. The minimum absolute atomic E-state index is 0.0611. The molecular weight excluding hydrogens is 332 g/mol. The van der Waals surface area contributed by atoms with E-state index >= 15 is 0 Å². The molecule has 1 aliphatic heterocycles. The number of imidazole rings is 1. The van der Waals surface area contributed by atoms with Crippen molar-refractivity contribution in [3.63, 3.8) is 0 Å². The number of ether oxygens (including phenoxy) is 1. The van der Waals surface area contributed by atoms with Crippen LogP contribution in [-0.4, -0.2) is 46.6 Å². The zero-order valence-corrected chi connectivity index (χ0v) is 15.3. The maximum absolute atomic E-state index is 13.0. The van der Waals surface area contributed by atoms with Crippen LogP contribution in [0, 0.1) is 30.1 Å². The van der Waals surface area contributed by atoms with Crippen LogP contribution >= 0.6 is 0 Å². The summed E-state index contributed by atoms with van der Waals surface area (Å²) >= 11 is 0. The summed E-state index contributed by atoms with van der Waals surface area (Å²) < 4.78 is 4.64. The Morgan fingerprint density at radius 1 is 1.54 bits per heavy atom. The lowest BCUT2D eigenvalue weighted by Crippen LogP contribution is -2.51. The molecule has 0 radical (unpaired) electrons. The number of aromatic nitrogens is 2. The Morgan fingerprint density at radius 3 is 2.96 bits per heavy atom. The number of nitrogens with one attached hydrogen (secondary N) is 2. The van der Waals surface area contributed by atoms with Crippen molar-refractivity contribution >= 4 is 12.0 Å². The maximum atomic E-state index is 13.0. The molecule has 7 nitrogen and oxygen atoms in total. The van der Waals surface area contributed by atoms with Crippen molar-refractivity contribution in [2.24, 2.45) is 5.92 Å². The summed E-state index contributed by atoms with van der Waals surface area (Å²) in [5.41, 5.74) is 0.857. The van der Waals surface area contributed by atoms with Crippen LogP contribution in [0.25, 0.3) is 0 Å². The molecule has 138 valence electrons. The summed E-state index contributed by atoms with van der Waals surface area (Å²) in [6, 6.07) is -0.781. The third kappa shape index (κ3) is 4.58. The van der Waals surface area contributed by atoms with E-state index in [1.165, 1.54) is 7.11 Å². The smallest absolute Gasteiger partial charge is 0.407 e. The zero-order chi connectivity index (χ0) is 19.1. The molecule has 2 atom stereocenters. The molecule has 0 aliphatic carbocycles. The highest BCUT2D eigenvalue weighted by atomic mass is 16.5. The number of rotatable bonds is 5.